The van der Waals surface area contributed by atoms with Crippen molar-refractivity contribution in [1.82, 2.24) is 4.72 Å². The Labute approximate surface area is 119 Å². The summed E-state index contributed by atoms with van der Waals surface area (Å²) in [4.78, 5) is 0. The van der Waals surface area contributed by atoms with Crippen molar-refractivity contribution in [3.8, 4) is 0 Å². The number of rotatable bonds is 7. The number of nitrogens with two attached hydrogens (primary N) is 1. The van der Waals surface area contributed by atoms with Crippen molar-refractivity contribution in [2.24, 2.45) is 5.73 Å². The first-order chi connectivity index (χ1) is 8.99. The average molecular weight is 300 g/mol. The van der Waals surface area contributed by atoms with Crippen molar-refractivity contribution in [3.05, 3.63) is 35.4 Å². The predicted octanol–water partition coefficient (Wildman–Crippen LogP) is 1.46. The van der Waals surface area contributed by atoms with Gasteiger partial charge in [0.15, 0.2) is 0 Å². The van der Waals surface area contributed by atoms with Gasteiger partial charge in [0.2, 0.25) is 10.0 Å². The molecular weight excluding hydrogens is 280 g/mol. The van der Waals surface area contributed by atoms with Gasteiger partial charge in [0.25, 0.3) is 0 Å². The monoisotopic (exact) mass is 300 g/mol. The van der Waals surface area contributed by atoms with E-state index in [1.54, 1.807) is 11.8 Å². The smallest absolute Gasteiger partial charge is 0.215 e. The van der Waals surface area contributed by atoms with E-state index in [1.807, 2.05) is 30.5 Å². The van der Waals surface area contributed by atoms with Crippen LogP contribution in [0.15, 0.2) is 24.3 Å². The van der Waals surface area contributed by atoms with Crippen molar-refractivity contribution < 1.29 is 8.42 Å². The lowest BCUT2D eigenvalue weighted by Gasteiger charge is -2.13. The SMILES string of the molecule is CSC1(CNS(=O)(=O)Cc2ccc(CN)cc2)CC1. The van der Waals surface area contributed by atoms with Crippen molar-refractivity contribution in [3.63, 3.8) is 0 Å². The molecule has 1 aliphatic rings. The van der Waals surface area contributed by atoms with Crippen molar-refractivity contribution in [2.75, 3.05) is 12.8 Å². The number of thioether (sulfide) groups is 1. The van der Waals surface area contributed by atoms with E-state index in [9.17, 15) is 8.42 Å². The van der Waals surface area contributed by atoms with Crippen LogP contribution in [-0.2, 0) is 22.3 Å². The van der Waals surface area contributed by atoms with Gasteiger partial charge in [-0.1, -0.05) is 24.3 Å². The van der Waals surface area contributed by atoms with Crippen molar-refractivity contribution in [2.45, 2.75) is 29.9 Å². The molecule has 0 atom stereocenters. The fourth-order valence-electron chi connectivity index (χ4n) is 1.88. The van der Waals surface area contributed by atoms with Gasteiger partial charge >= 0.3 is 0 Å². The molecule has 0 unspecified atom stereocenters. The van der Waals surface area contributed by atoms with Crippen LogP contribution in [0.1, 0.15) is 24.0 Å². The predicted molar refractivity (Wildman–Crippen MR) is 80.4 cm³/mol. The second kappa shape index (κ2) is 5.83. The summed E-state index contributed by atoms with van der Waals surface area (Å²) in [6.07, 6.45) is 4.23. The maximum Gasteiger partial charge on any atom is 0.215 e. The van der Waals surface area contributed by atoms with Crippen LogP contribution in [0.25, 0.3) is 0 Å². The Kier molecular flexibility index (Phi) is 4.55. The molecule has 19 heavy (non-hydrogen) atoms. The minimum atomic E-state index is -3.25. The van der Waals surface area contributed by atoms with E-state index in [4.69, 9.17) is 5.73 Å². The third-order valence-corrected chi connectivity index (χ3v) is 6.19. The zero-order chi connectivity index (χ0) is 13.9. The van der Waals surface area contributed by atoms with E-state index in [-0.39, 0.29) is 10.5 Å². The zero-order valence-electron chi connectivity index (χ0n) is 11.1. The summed E-state index contributed by atoms with van der Waals surface area (Å²) in [6, 6.07) is 7.38. The topological polar surface area (TPSA) is 72.2 Å². The molecule has 3 N–H and O–H groups in total. The second-order valence-corrected chi connectivity index (χ2v) is 8.07. The molecule has 0 saturated heterocycles. The lowest BCUT2D eigenvalue weighted by Crippen LogP contribution is -2.32. The highest BCUT2D eigenvalue weighted by atomic mass is 32.2. The minimum Gasteiger partial charge on any atom is -0.326 e. The number of nitrogens with one attached hydrogen (secondary N) is 1. The molecule has 2 rings (SSSR count). The van der Waals surface area contributed by atoms with Crippen LogP contribution in [0, 0.1) is 0 Å². The quantitative estimate of drug-likeness (QED) is 0.799. The molecule has 0 amide bonds. The fourth-order valence-corrected chi connectivity index (χ4v) is 3.92. The Bertz CT molecular complexity index is 522. The van der Waals surface area contributed by atoms with E-state index in [0.29, 0.717) is 13.1 Å². The molecule has 0 heterocycles. The largest absolute Gasteiger partial charge is 0.326 e. The Morgan fingerprint density at radius 2 is 1.84 bits per heavy atom. The molecular formula is C13H20N2O2S2. The third-order valence-electron chi connectivity index (χ3n) is 3.47. The van der Waals surface area contributed by atoms with Gasteiger partial charge in [-0.15, -0.1) is 0 Å². The average Bonchev–Trinajstić information content (AvgIpc) is 3.18. The summed E-state index contributed by atoms with van der Waals surface area (Å²) in [6.45, 7) is 1.01. The fraction of sp³-hybridized carbons (Fsp3) is 0.538. The lowest BCUT2D eigenvalue weighted by molar-refractivity contribution is 0.579. The summed E-state index contributed by atoms with van der Waals surface area (Å²) in [5.41, 5.74) is 7.31. The van der Waals surface area contributed by atoms with Crippen molar-refractivity contribution in [1.29, 1.82) is 0 Å². The molecule has 0 radical (unpaired) electrons. The number of hydrogen-bond acceptors (Lipinski definition) is 4. The number of sulfonamides is 1. The maximum absolute atomic E-state index is 12.0. The Morgan fingerprint density at radius 3 is 2.32 bits per heavy atom. The standard InChI is InChI=1S/C13H20N2O2S2/c1-18-13(6-7-13)10-15-19(16,17)9-12-4-2-11(8-14)3-5-12/h2-5,15H,6-10,14H2,1H3. The normalized spacial score (nSPS) is 17.4. The first-order valence-corrected chi connectivity index (χ1v) is 9.17. The molecule has 1 aliphatic carbocycles. The molecule has 1 fully saturated rings. The molecule has 1 aromatic rings. The van der Waals surface area contributed by atoms with Gasteiger partial charge in [-0.2, -0.15) is 11.8 Å². The van der Waals surface area contributed by atoms with Crippen molar-refractivity contribution >= 4 is 21.8 Å². The second-order valence-electron chi connectivity index (χ2n) is 4.99. The first-order valence-electron chi connectivity index (χ1n) is 6.29. The highest BCUT2D eigenvalue weighted by Crippen LogP contribution is 2.46. The van der Waals surface area contributed by atoms with Crippen LogP contribution in [0.2, 0.25) is 0 Å². The van der Waals surface area contributed by atoms with Crippen LogP contribution in [0.4, 0.5) is 0 Å². The van der Waals surface area contributed by atoms with Crippen LogP contribution < -0.4 is 10.5 Å². The molecule has 0 spiro atoms. The summed E-state index contributed by atoms with van der Waals surface area (Å²) < 4.78 is 26.9. The van der Waals surface area contributed by atoms with E-state index >= 15 is 0 Å². The van der Waals surface area contributed by atoms with Crippen LogP contribution >= 0.6 is 11.8 Å². The Morgan fingerprint density at radius 1 is 1.26 bits per heavy atom. The summed E-state index contributed by atoms with van der Waals surface area (Å²) >= 11 is 1.75. The first kappa shape index (κ1) is 14.8. The Hall–Kier alpha value is -0.560. The maximum atomic E-state index is 12.0. The summed E-state index contributed by atoms with van der Waals surface area (Å²) in [5.74, 6) is 0.0301. The number of benzene rings is 1. The molecule has 0 aromatic heterocycles. The van der Waals surface area contributed by atoms with Gasteiger partial charge in [0, 0.05) is 17.8 Å². The van der Waals surface area contributed by atoms with Crippen LogP contribution in [0.5, 0.6) is 0 Å². The highest BCUT2D eigenvalue weighted by Gasteiger charge is 2.42. The molecule has 6 heteroatoms. The molecule has 4 nitrogen and oxygen atoms in total. The van der Waals surface area contributed by atoms with Gasteiger partial charge in [-0.05, 0) is 30.2 Å². The third kappa shape index (κ3) is 4.21. The van der Waals surface area contributed by atoms with E-state index in [1.165, 1.54) is 0 Å². The van der Waals surface area contributed by atoms with E-state index in [2.05, 4.69) is 4.72 Å². The van der Waals surface area contributed by atoms with E-state index < -0.39 is 10.0 Å². The molecule has 1 aromatic carbocycles. The molecule has 1 saturated carbocycles. The summed E-state index contributed by atoms with van der Waals surface area (Å²) in [5, 5.41) is 0. The van der Waals surface area contributed by atoms with Crippen LogP contribution in [-0.4, -0.2) is 26.0 Å². The Balaban J connectivity index is 1.92. The van der Waals surface area contributed by atoms with Gasteiger partial charge < -0.3 is 5.73 Å². The number of hydrogen-bond donors (Lipinski definition) is 2. The summed E-state index contributed by atoms with van der Waals surface area (Å²) in [7, 11) is -3.25. The lowest BCUT2D eigenvalue weighted by atomic mass is 10.1. The van der Waals surface area contributed by atoms with Crippen LogP contribution in [0.3, 0.4) is 0 Å². The minimum absolute atomic E-state index is 0.0301. The highest BCUT2D eigenvalue weighted by molar-refractivity contribution is 8.00. The molecule has 106 valence electrons. The van der Waals surface area contributed by atoms with Gasteiger partial charge in [-0.25, -0.2) is 13.1 Å². The van der Waals surface area contributed by atoms with Gasteiger partial charge in [0.1, 0.15) is 0 Å². The molecule has 0 bridgehead atoms. The van der Waals surface area contributed by atoms with Gasteiger partial charge in [0.05, 0.1) is 5.75 Å². The van der Waals surface area contributed by atoms with Gasteiger partial charge in [-0.3, -0.25) is 0 Å². The zero-order valence-corrected chi connectivity index (χ0v) is 12.7. The van der Waals surface area contributed by atoms with E-state index in [0.717, 1.165) is 24.0 Å². The molecule has 0 aliphatic heterocycles.